The van der Waals surface area contributed by atoms with Crippen LogP contribution in [-0.4, -0.2) is 36.6 Å². The van der Waals surface area contributed by atoms with Gasteiger partial charge >= 0.3 is 0 Å². The highest BCUT2D eigenvalue weighted by Gasteiger charge is 2.12. The number of thioether (sulfide) groups is 1. The van der Waals surface area contributed by atoms with Crippen LogP contribution in [0.15, 0.2) is 53.4 Å². The van der Waals surface area contributed by atoms with Crippen LogP contribution in [0.5, 0.6) is 5.75 Å². The van der Waals surface area contributed by atoms with Gasteiger partial charge in [-0.15, -0.1) is 11.8 Å². The average molecular weight is 358 g/mol. The maximum Gasteiger partial charge on any atom is 0.260 e. The Kier molecular flexibility index (Phi) is 6.89. The Bertz CT molecular complexity index is 732. The van der Waals surface area contributed by atoms with Gasteiger partial charge in [0.05, 0.1) is 5.69 Å². The van der Waals surface area contributed by atoms with Crippen molar-refractivity contribution in [1.82, 2.24) is 4.90 Å². The third kappa shape index (κ3) is 5.83. The van der Waals surface area contributed by atoms with Gasteiger partial charge in [-0.1, -0.05) is 24.3 Å². The first kappa shape index (κ1) is 18.9. The van der Waals surface area contributed by atoms with Crippen LogP contribution in [0.2, 0.25) is 0 Å². The van der Waals surface area contributed by atoms with Crippen LogP contribution in [0.3, 0.4) is 0 Å². The molecular weight excluding hydrogens is 336 g/mol. The van der Waals surface area contributed by atoms with Gasteiger partial charge in [0.25, 0.3) is 5.91 Å². The molecule has 5 nitrogen and oxygen atoms in total. The molecule has 0 aliphatic rings. The molecule has 2 aromatic carbocycles. The Morgan fingerprint density at radius 2 is 1.80 bits per heavy atom. The molecule has 0 spiro atoms. The molecule has 132 valence electrons. The number of hydrogen-bond donors (Lipinski definition) is 1. The minimum atomic E-state index is -0.187. The van der Waals surface area contributed by atoms with E-state index in [9.17, 15) is 9.59 Å². The molecule has 0 saturated heterocycles. The molecule has 0 atom stereocenters. The molecule has 0 saturated carbocycles. The van der Waals surface area contributed by atoms with Crippen molar-refractivity contribution in [2.24, 2.45) is 0 Å². The fourth-order valence-corrected chi connectivity index (χ4v) is 2.64. The van der Waals surface area contributed by atoms with Gasteiger partial charge < -0.3 is 15.0 Å². The largest absolute Gasteiger partial charge is 0.482 e. The van der Waals surface area contributed by atoms with Crippen molar-refractivity contribution in [1.29, 1.82) is 0 Å². The zero-order valence-corrected chi connectivity index (χ0v) is 15.4. The van der Waals surface area contributed by atoms with Gasteiger partial charge in [0.1, 0.15) is 5.75 Å². The summed E-state index contributed by atoms with van der Waals surface area (Å²) in [6.07, 6.45) is 2.03. The number of carbonyl (C=O) groups excluding carboxylic acids is 2. The number of benzene rings is 2. The Morgan fingerprint density at radius 3 is 2.44 bits per heavy atom. The first-order valence-electron chi connectivity index (χ1n) is 7.86. The number of rotatable bonds is 7. The molecular formula is C19H22N2O3S. The number of amides is 2. The lowest BCUT2D eigenvalue weighted by Crippen LogP contribution is -2.31. The molecule has 1 N–H and O–H groups in total. The summed E-state index contributed by atoms with van der Waals surface area (Å²) in [4.78, 5) is 26.3. The fourth-order valence-electron chi connectivity index (χ4n) is 2.23. The van der Waals surface area contributed by atoms with E-state index in [0.29, 0.717) is 18.0 Å². The van der Waals surface area contributed by atoms with Crippen LogP contribution in [0.25, 0.3) is 0 Å². The monoisotopic (exact) mass is 358 g/mol. The number of anilines is 1. The van der Waals surface area contributed by atoms with Crippen molar-refractivity contribution < 1.29 is 14.3 Å². The molecule has 0 bridgehead atoms. The second kappa shape index (κ2) is 9.13. The van der Waals surface area contributed by atoms with Gasteiger partial charge in [-0.3, -0.25) is 9.59 Å². The normalized spacial score (nSPS) is 10.2. The van der Waals surface area contributed by atoms with E-state index in [-0.39, 0.29) is 18.4 Å². The lowest BCUT2D eigenvalue weighted by Gasteiger charge is -2.18. The molecule has 2 aromatic rings. The molecule has 2 amide bonds. The third-order valence-electron chi connectivity index (χ3n) is 3.55. The summed E-state index contributed by atoms with van der Waals surface area (Å²) in [7, 11) is 1.74. The molecule has 0 aliphatic carbocycles. The van der Waals surface area contributed by atoms with Gasteiger partial charge in [0.15, 0.2) is 6.61 Å². The summed E-state index contributed by atoms with van der Waals surface area (Å²) in [6, 6.07) is 15.2. The summed E-state index contributed by atoms with van der Waals surface area (Å²) in [5.74, 6) is 0.156. The average Bonchev–Trinajstić information content (AvgIpc) is 2.60. The summed E-state index contributed by atoms with van der Waals surface area (Å²) < 4.78 is 5.59. The number of likely N-dealkylation sites (N-methyl/N-ethyl adjacent to an activating group) is 1. The third-order valence-corrected chi connectivity index (χ3v) is 4.30. The highest BCUT2D eigenvalue weighted by atomic mass is 32.2. The maximum absolute atomic E-state index is 12.3. The van der Waals surface area contributed by atoms with Gasteiger partial charge in [-0.05, 0) is 36.1 Å². The van der Waals surface area contributed by atoms with Gasteiger partial charge in [-0.25, -0.2) is 0 Å². The highest BCUT2D eigenvalue weighted by molar-refractivity contribution is 7.98. The predicted molar refractivity (Wildman–Crippen MR) is 101 cm³/mol. The van der Waals surface area contributed by atoms with Crippen LogP contribution in [0.4, 0.5) is 5.69 Å². The molecule has 25 heavy (non-hydrogen) atoms. The topological polar surface area (TPSA) is 58.6 Å². The predicted octanol–water partition coefficient (Wildman–Crippen LogP) is 3.40. The molecule has 0 aromatic heterocycles. The standard InChI is InChI=1S/C19H22N2O3S/c1-14(22)20-17-6-4-5-7-18(17)24-13-19(23)21(2)12-15-8-10-16(25-3)11-9-15/h4-11H,12-13H2,1-3H3,(H,20,22). The van der Waals surface area contributed by atoms with Crippen molar-refractivity contribution in [3.8, 4) is 5.75 Å². The first-order valence-corrected chi connectivity index (χ1v) is 9.08. The van der Waals surface area contributed by atoms with Crippen LogP contribution in [0, 0.1) is 0 Å². The van der Waals surface area contributed by atoms with E-state index in [1.807, 2.05) is 30.5 Å². The first-order chi connectivity index (χ1) is 12.0. The lowest BCUT2D eigenvalue weighted by atomic mass is 10.2. The van der Waals surface area contributed by atoms with E-state index in [4.69, 9.17) is 4.74 Å². The second-order valence-electron chi connectivity index (χ2n) is 5.56. The van der Waals surface area contributed by atoms with Gasteiger partial charge in [0, 0.05) is 25.4 Å². The number of carbonyl (C=O) groups is 2. The zero-order chi connectivity index (χ0) is 18.2. The van der Waals surface area contributed by atoms with E-state index in [0.717, 1.165) is 5.56 Å². The molecule has 0 fully saturated rings. The van der Waals surface area contributed by atoms with Crippen molar-refractivity contribution in [3.05, 3.63) is 54.1 Å². The Hall–Kier alpha value is -2.47. The molecule has 0 aliphatic heterocycles. The molecule has 0 unspecified atom stereocenters. The molecule has 6 heteroatoms. The summed E-state index contributed by atoms with van der Waals surface area (Å²) >= 11 is 1.68. The van der Waals surface area contributed by atoms with E-state index in [2.05, 4.69) is 5.32 Å². The number of hydrogen-bond acceptors (Lipinski definition) is 4. The van der Waals surface area contributed by atoms with E-state index in [1.165, 1.54) is 11.8 Å². The summed E-state index contributed by atoms with van der Waals surface area (Å²) in [5, 5.41) is 2.69. The fraction of sp³-hybridized carbons (Fsp3) is 0.263. The minimum absolute atomic E-state index is 0.0873. The SMILES string of the molecule is CSc1ccc(CN(C)C(=O)COc2ccccc2NC(C)=O)cc1. The Morgan fingerprint density at radius 1 is 1.12 bits per heavy atom. The highest BCUT2D eigenvalue weighted by Crippen LogP contribution is 2.23. The molecule has 0 radical (unpaired) electrons. The smallest absolute Gasteiger partial charge is 0.260 e. The van der Waals surface area contributed by atoms with Crippen LogP contribution in [0.1, 0.15) is 12.5 Å². The van der Waals surface area contributed by atoms with E-state index < -0.39 is 0 Å². The van der Waals surface area contributed by atoms with Crippen molar-refractivity contribution in [3.63, 3.8) is 0 Å². The van der Waals surface area contributed by atoms with Crippen LogP contribution in [-0.2, 0) is 16.1 Å². The minimum Gasteiger partial charge on any atom is -0.482 e. The quantitative estimate of drug-likeness (QED) is 0.771. The lowest BCUT2D eigenvalue weighted by molar-refractivity contribution is -0.132. The Balaban J connectivity index is 1.92. The maximum atomic E-state index is 12.3. The summed E-state index contributed by atoms with van der Waals surface area (Å²) in [6.45, 7) is 1.86. The van der Waals surface area contributed by atoms with Crippen molar-refractivity contribution >= 4 is 29.3 Å². The van der Waals surface area contributed by atoms with E-state index in [1.54, 1.807) is 48.0 Å². The summed E-state index contributed by atoms with van der Waals surface area (Å²) in [5.41, 5.74) is 1.62. The molecule has 0 heterocycles. The van der Waals surface area contributed by atoms with Crippen LogP contribution < -0.4 is 10.1 Å². The molecule has 2 rings (SSSR count). The van der Waals surface area contributed by atoms with E-state index >= 15 is 0 Å². The number of nitrogens with one attached hydrogen (secondary N) is 1. The van der Waals surface area contributed by atoms with Gasteiger partial charge in [-0.2, -0.15) is 0 Å². The Labute approximate surface area is 152 Å². The van der Waals surface area contributed by atoms with Crippen molar-refractivity contribution in [2.75, 3.05) is 25.2 Å². The number of ether oxygens (including phenoxy) is 1. The second-order valence-corrected chi connectivity index (χ2v) is 6.44. The number of nitrogens with zero attached hydrogens (tertiary/aromatic N) is 1. The van der Waals surface area contributed by atoms with Gasteiger partial charge in [0.2, 0.25) is 5.91 Å². The van der Waals surface area contributed by atoms with Crippen LogP contribution >= 0.6 is 11.8 Å². The zero-order valence-electron chi connectivity index (χ0n) is 14.6. The van der Waals surface area contributed by atoms with Crippen molar-refractivity contribution in [2.45, 2.75) is 18.4 Å². The number of para-hydroxylation sites is 2.